The summed E-state index contributed by atoms with van der Waals surface area (Å²) in [6.07, 6.45) is 4.18. The summed E-state index contributed by atoms with van der Waals surface area (Å²) < 4.78 is 5.62. The van der Waals surface area contributed by atoms with Crippen LogP contribution in [-0.2, 0) is 4.79 Å². The van der Waals surface area contributed by atoms with Gasteiger partial charge in [-0.25, -0.2) is 0 Å². The van der Waals surface area contributed by atoms with Crippen molar-refractivity contribution in [3.8, 4) is 5.75 Å². The van der Waals surface area contributed by atoms with Gasteiger partial charge in [-0.3, -0.25) is 4.79 Å². The molecule has 0 spiro atoms. The van der Waals surface area contributed by atoms with Crippen molar-refractivity contribution in [1.29, 1.82) is 0 Å². The summed E-state index contributed by atoms with van der Waals surface area (Å²) in [5, 5.41) is 2.52. The molecule has 19 heavy (non-hydrogen) atoms. The fourth-order valence-corrected chi connectivity index (χ4v) is 1.46. The monoisotopic (exact) mass is 262 g/mol. The number of rotatable bonds is 6. The van der Waals surface area contributed by atoms with E-state index < -0.39 is 0 Å². The van der Waals surface area contributed by atoms with Crippen LogP contribution in [0.25, 0.3) is 6.08 Å². The van der Waals surface area contributed by atoms with E-state index in [2.05, 4.69) is 19.2 Å². The normalized spacial score (nSPS) is 10.9. The van der Waals surface area contributed by atoms with Crippen molar-refractivity contribution in [2.75, 3.05) is 19.4 Å². The van der Waals surface area contributed by atoms with Crippen molar-refractivity contribution < 1.29 is 9.53 Å². The van der Waals surface area contributed by atoms with Gasteiger partial charge in [-0.15, -0.1) is 0 Å². The van der Waals surface area contributed by atoms with E-state index in [1.165, 1.54) is 6.08 Å². The van der Waals surface area contributed by atoms with Crippen LogP contribution in [0.1, 0.15) is 25.8 Å². The van der Waals surface area contributed by atoms with E-state index in [1.54, 1.807) is 19.2 Å². The van der Waals surface area contributed by atoms with Crippen LogP contribution in [0.4, 0.5) is 5.69 Å². The van der Waals surface area contributed by atoms with Gasteiger partial charge < -0.3 is 15.8 Å². The molecular weight excluding hydrogens is 240 g/mol. The van der Waals surface area contributed by atoms with Crippen LogP contribution in [0, 0.1) is 5.92 Å². The second-order valence-corrected chi connectivity index (χ2v) is 4.78. The van der Waals surface area contributed by atoms with Gasteiger partial charge in [-0.05, 0) is 36.1 Å². The van der Waals surface area contributed by atoms with Gasteiger partial charge in [0.05, 0.1) is 12.3 Å². The number of nitrogens with one attached hydrogen (secondary N) is 1. The zero-order valence-corrected chi connectivity index (χ0v) is 11.8. The maximum absolute atomic E-state index is 11.1. The van der Waals surface area contributed by atoms with Crippen LogP contribution in [0.15, 0.2) is 24.3 Å². The first-order chi connectivity index (χ1) is 9.02. The van der Waals surface area contributed by atoms with E-state index in [1.807, 2.05) is 12.1 Å². The largest absolute Gasteiger partial charge is 0.491 e. The van der Waals surface area contributed by atoms with Crippen LogP contribution in [0.5, 0.6) is 5.75 Å². The minimum atomic E-state index is -0.143. The average molecular weight is 262 g/mol. The Morgan fingerprint density at radius 3 is 2.79 bits per heavy atom. The smallest absolute Gasteiger partial charge is 0.243 e. The highest BCUT2D eigenvalue weighted by Crippen LogP contribution is 2.23. The van der Waals surface area contributed by atoms with Gasteiger partial charge in [-0.2, -0.15) is 0 Å². The van der Waals surface area contributed by atoms with Crippen LogP contribution in [0.3, 0.4) is 0 Å². The minimum absolute atomic E-state index is 0.143. The highest BCUT2D eigenvalue weighted by molar-refractivity contribution is 5.91. The summed E-state index contributed by atoms with van der Waals surface area (Å²) in [7, 11) is 1.59. The molecule has 1 rings (SSSR count). The number of anilines is 1. The van der Waals surface area contributed by atoms with Crippen molar-refractivity contribution in [2.45, 2.75) is 20.3 Å². The van der Waals surface area contributed by atoms with Gasteiger partial charge in [0.15, 0.2) is 0 Å². The Labute approximate surface area is 114 Å². The van der Waals surface area contributed by atoms with Gasteiger partial charge >= 0.3 is 0 Å². The first kappa shape index (κ1) is 15.1. The molecule has 0 aliphatic heterocycles. The number of carbonyl (C=O) groups is 1. The number of likely N-dealkylation sites (N-methyl/N-ethyl adjacent to an activating group) is 1. The Balaban J connectivity index is 2.64. The number of ether oxygens (including phenoxy) is 1. The number of nitrogens with two attached hydrogens (primary N) is 1. The van der Waals surface area contributed by atoms with Gasteiger partial charge in [0.1, 0.15) is 5.75 Å². The molecule has 0 fully saturated rings. The number of benzene rings is 1. The molecule has 1 aromatic carbocycles. The Kier molecular flexibility index (Phi) is 5.93. The molecule has 3 N–H and O–H groups in total. The molecule has 1 amide bonds. The standard InChI is InChI=1S/C15H22N2O2/c1-11(2)8-9-19-14-6-4-12(10-13(14)16)5-7-15(18)17-3/h4-7,10-11H,8-9,16H2,1-3H3,(H,17,18)/b7-5-. The number of hydrogen-bond donors (Lipinski definition) is 2. The molecular formula is C15H22N2O2. The third-order valence-corrected chi connectivity index (χ3v) is 2.66. The molecule has 104 valence electrons. The van der Waals surface area contributed by atoms with Crippen LogP contribution < -0.4 is 15.8 Å². The number of amides is 1. The van der Waals surface area contributed by atoms with Crippen molar-refractivity contribution in [1.82, 2.24) is 5.32 Å². The van der Waals surface area contributed by atoms with Crippen LogP contribution in [0.2, 0.25) is 0 Å². The first-order valence-corrected chi connectivity index (χ1v) is 6.45. The Bertz CT molecular complexity index is 453. The zero-order chi connectivity index (χ0) is 14.3. The Morgan fingerprint density at radius 2 is 2.21 bits per heavy atom. The van der Waals surface area contributed by atoms with Gasteiger partial charge in [0.25, 0.3) is 0 Å². The molecule has 0 aliphatic carbocycles. The van der Waals surface area contributed by atoms with E-state index >= 15 is 0 Å². The molecule has 0 unspecified atom stereocenters. The minimum Gasteiger partial charge on any atom is -0.491 e. The lowest BCUT2D eigenvalue weighted by Gasteiger charge is -2.10. The summed E-state index contributed by atoms with van der Waals surface area (Å²) in [5.41, 5.74) is 7.38. The van der Waals surface area contributed by atoms with E-state index in [-0.39, 0.29) is 5.91 Å². The SMILES string of the molecule is CNC(=O)/C=C\c1ccc(OCCC(C)C)c(N)c1. The highest BCUT2D eigenvalue weighted by Gasteiger charge is 2.02. The van der Waals surface area contributed by atoms with Crippen molar-refractivity contribution in [3.63, 3.8) is 0 Å². The Hall–Kier alpha value is -1.97. The molecule has 0 aliphatic rings. The average Bonchev–Trinajstić information content (AvgIpc) is 2.37. The highest BCUT2D eigenvalue weighted by atomic mass is 16.5. The van der Waals surface area contributed by atoms with Crippen molar-refractivity contribution in [3.05, 3.63) is 29.8 Å². The quantitative estimate of drug-likeness (QED) is 0.611. The lowest BCUT2D eigenvalue weighted by atomic mass is 10.1. The summed E-state index contributed by atoms with van der Waals surface area (Å²) >= 11 is 0. The maximum Gasteiger partial charge on any atom is 0.243 e. The lowest BCUT2D eigenvalue weighted by molar-refractivity contribution is -0.115. The number of carbonyl (C=O) groups excluding carboxylic acids is 1. The number of nitrogen functional groups attached to an aromatic ring is 1. The van der Waals surface area contributed by atoms with E-state index in [9.17, 15) is 4.79 Å². The molecule has 1 aromatic rings. The fourth-order valence-electron chi connectivity index (χ4n) is 1.46. The van der Waals surface area contributed by atoms with Gasteiger partial charge in [-0.1, -0.05) is 19.9 Å². The summed E-state index contributed by atoms with van der Waals surface area (Å²) in [5.74, 6) is 1.16. The zero-order valence-electron chi connectivity index (χ0n) is 11.8. The molecule has 0 bridgehead atoms. The topological polar surface area (TPSA) is 64.3 Å². The second kappa shape index (κ2) is 7.46. The van der Waals surface area contributed by atoms with Crippen LogP contribution in [-0.4, -0.2) is 19.6 Å². The summed E-state index contributed by atoms with van der Waals surface area (Å²) in [6, 6.07) is 5.50. The molecule has 0 saturated heterocycles. The molecule has 0 heterocycles. The molecule has 0 saturated carbocycles. The van der Waals surface area contributed by atoms with E-state index in [0.717, 1.165) is 12.0 Å². The Morgan fingerprint density at radius 1 is 1.47 bits per heavy atom. The maximum atomic E-state index is 11.1. The summed E-state index contributed by atoms with van der Waals surface area (Å²) in [4.78, 5) is 11.1. The molecule has 0 aromatic heterocycles. The third-order valence-electron chi connectivity index (χ3n) is 2.66. The number of hydrogen-bond acceptors (Lipinski definition) is 3. The first-order valence-electron chi connectivity index (χ1n) is 6.45. The predicted octanol–water partition coefficient (Wildman–Crippen LogP) is 2.45. The fraction of sp³-hybridized carbons (Fsp3) is 0.400. The van der Waals surface area contributed by atoms with Crippen molar-refractivity contribution in [2.24, 2.45) is 5.92 Å². The molecule has 0 atom stereocenters. The van der Waals surface area contributed by atoms with Crippen molar-refractivity contribution >= 4 is 17.7 Å². The molecule has 0 radical (unpaired) electrons. The molecule has 4 heteroatoms. The van der Waals surface area contributed by atoms with E-state index in [0.29, 0.717) is 24.0 Å². The second-order valence-electron chi connectivity index (χ2n) is 4.78. The third kappa shape index (κ3) is 5.46. The van der Waals surface area contributed by atoms with E-state index in [4.69, 9.17) is 10.5 Å². The summed E-state index contributed by atoms with van der Waals surface area (Å²) in [6.45, 7) is 4.97. The van der Waals surface area contributed by atoms with Gasteiger partial charge in [0, 0.05) is 13.1 Å². The van der Waals surface area contributed by atoms with Crippen LogP contribution >= 0.6 is 0 Å². The predicted molar refractivity (Wildman–Crippen MR) is 78.9 cm³/mol. The lowest BCUT2D eigenvalue weighted by Crippen LogP contribution is -2.13. The molecule has 4 nitrogen and oxygen atoms in total. The van der Waals surface area contributed by atoms with Gasteiger partial charge in [0.2, 0.25) is 5.91 Å².